The van der Waals surface area contributed by atoms with Gasteiger partial charge in [0.15, 0.2) is 5.79 Å². The van der Waals surface area contributed by atoms with Crippen LogP contribution in [0.15, 0.2) is 0 Å². The van der Waals surface area contributed by atoms with Crippen LogP contribution in [-0.2, 0) is 4.74 Å². The fourth-order valence-electron chi connectivity index (χ4n) is 6.41. The van der Waals surface area contributed by atoms with Gasteiger partial charge in [0.05, 0.1) is 19.3 Å². The van der Waals surface area contributed by atoms with Crippen LogP contribution in [0.25, 0.3) is 0 Å². The summed E-state index contributed by atoms with van der Waals surface area (Å²) in [5.41, 5.74) is 0. The normalized spacial score (nSPS) is 37.9. The maximum atomic E-state index is 5.83. The Hall–Kier alpha value is 0.0700. The van der Waals surface area contributed by atoms with E-state index in [1.165, 1.54) is 69.9 Å². The molecule has 5 rings (SSSR count). The maximum absolute atomic E-state index is 5.83. The Morgan fingerprint density at radius 2 is 1.45 bits per heavy atom. The highest BCUT2D eigenvalue weighted by molar-refractivity contribution is 7.99. The number of hydrogen-bond acceptors (Lipinski definition) is 8. The Morgan fingerprint density at radius 3 is 2.17 bits per heavy atom. The van der Waals surface area contributed by atoms with Crippen molar-refractivity contribution in [3.05, 3.63) is 0 Å². The third kappa shape index (κ3) is 4.00. The van der Waals surface area contributed by atoms with Gasteiger partial charge in [0.1, 0.15) is 0 Å². The highest BCUT2D eigenvalue weighted by Crippen LogP contribution is 2.42. The van der Waals surface area contributed by atoms with Crippen LogP contribution in [0.1, 0.15) is 25.7 Å². The van der Waals surface area contributed by atoms with Crippen LogP contribution in [0.4, 0.5) is 0 Å². The van der Waals surface area contributed by atoms with Crippen molar-refractivity contribution in [2.75, 3.05) is 96.7 Å². The molecule has 166 valence electrons. The van der Waals surface area contributed by atoms with E-state index in [2.05, 4.69) is 41.8 Å². The first-order valence-corrected chi connectivity index (χ1v) is 13.2. The van der Waals surface area contributed by atoms with Gasteiger partial charge in [-0.3, -0.25) is 14.7 Å². The summed E-state index contributed by atoms with van der Waals surface area (Å²) < 4.78 is 5.83. The molecule has 0 aromatic rings. The molecule has 2 atom stereocenters. The number of rotatable bonds is 4. The van der Waals surface area contributed by atoms with Crippen molar-refractivity contribution in [1.29, 1.82) is 0 Å². The standard InChI is InChI=1S/C21H40N6OS/c1-2-7-23(8-3-1)20-4-9-27(26-10-5-22-6-11-26)21(20,24-12-16-28-17-13-24)25-14-18-29-19-15-25/h20,22H,1-19H2. The van der Waals surface area contributed by atoms with Crippen molar-refractivity contribution in [2.24, 2.45) is 0 Å². The first-order valence-electron chi connectivity index (χ1n) is 12.0. The molecule has 5 heterocycles. The molecule has 29 heavy (non-hydrogen) atoms. The summed E-state index contributed by atoms with van der Waals surface area (Å²) in [6, 6.07) is 0.610. The molecule has 0 aromatic heterocycles. The van der Waals surface area contributed by atoms with Crippen molar-refractivity contribution in [3.63, 3.8) is 0 Å². The van der Waals surface area contributed by atoms with Crippen molar-refractivity contribution in [3.8, 4) is 0 Å². The Morgan fingerprint density at radius 1 is 0.759 bits per heavy atom. The van der Waals surface area contributed by atoms with E-state index in [0.29, 0.717) is 6.04 Å². The lowest BCUT2D eigenvalue weighted by Crippen LogP contribution is -2.79. The summed E-state index contributed by atoms with van der Waals surface area (Å²) >= 11 is 2.14. The van der Waals surface area contributed by atoms with E-state index in [9.17, 15) is 0 Å². The molecule has 5 aliphatic heterocycles. The van der Waals surface area contributed by atoms with Gasteiger partial charge < -0.3 is 10.1 Å². The summed E-state index contributed by atoms with van der Waals surface area (Å²) in [6.45, 7) is 14.6. The van der Waals surface area contributed by atoms with Crippen LogP contribution in [0.5, 0.6) is 0 Å². The molecule has 0 aromatic carbocycles. The van der Waals surface area contributed by atoms with Crippen LogP contribution in [-0.4, -0.2) is 133 Å². The van der Waals surface area contributed by atoms with E-state index in [0.717, 1.165) is 52.5 Å². The van der Waals surface area contributed by atoms with E-state index in [1.807, 2.05) is 0 Å². The van der Waals surface area contributed by atoms with Crippen molar-refractivity contribution in [2.45, 2.75) is 37.5 Å². The summed E-state index contributed by atoms with van der Waals surface area (Å²) in [7, 11) is 0. The first kappa shape index (κ1) is 20.9. The van der Waals surface area contributed by atoms with Crippen LogP contribution < -0.4 is 5.32 Å². The van der Waals surface area contributed by atoms with E-state index in [4.69, 9.17) is 4.74 Å². The quantitative estimate of drug-likeness (QED) is 0.695. The van der Waals surface area contributed by atoms with Gasteiger partial charge >= 0.3 is 0 Å². The third-order valence-corrected chi connectivity index (χ3v) is 8.60. The average molecular weight is 425 g/mol. The number of piperazine rings is 1. The molecule has 5 aliphatic rings. The highest BCUT2D eigenvalue weighted by atomic mass is 32.2. The number of nitrogens with one attached hydrogen (secondary N) is 1. The molecule has 0 saturated carbocycles. The summed E-state index contributed by atoms with van der Waals surface area (Å²) in [5, 5.41) is 9.12. The largest absolute Gasteiger partial charge is 0.379 e. The topological polar surface area (TPSA) is 37.5 Å². The van der Waals surface area contributed by atoms with Gasteiger partial charge in [0.25, 0.3) is 0 Å². The number of hydrogen-bond donors (Lipinski definition) is 1. The van der Waals surface area contributed by atoms with E-state index in [-0.39, 0.29) is 5.79 Å². The molecule has 5 fully saturated rings. The number of ether oxygens (including phenoxy) is 1. The number of likely N-dealkylation sites (tertiary alicyclic amines) is 1. The molecule has 0 bridgehead atoms. The van der Waals surface area contributed by atoms with Crippen LogP contribution in [0.2, 0.25) is 0 Å². The molecule has 0 aliphatic carbocycles. The summed E-state index contributed by atoms with van der Waals surface area (Å²) in [5.74, 6) is 2.56. The average Bonchev–Trinajstić information content (AvgIpc) is 3.23. The van der Waals surface area contributed by atoms with Crippen LogP contribution >= 0.6 is 11.8 Å². The van der Waals surface area contributed by atoms with Crippen LogP contribution in [0, 0.1) is 0 Å². The Labute approximate surface area is 181 Å². The number of thioether (sulfide) groups is 1. The van der Waals surface area contributed by atoms with E-state index < -0.39 is 0 Å². The monoisotopic (exact) mass is 424 g/mol. The van der Waals surface area contributed by atoms with Crippen LogP contribution in [0.3, 0.4) is 0 Å². The molecule has 0 radical (unpaired) electrons. The lowest BCUT2D eigenvalue weighted by atomic mass is 9.99. The van der Waals surface area contributed by atoms with Crippen molar-refractivity contribution < 1.29 is 4.74 Å². The SMILES string of the molecule is C1CCN(C2CCN(N3CCNCC3)C2(N2CCOCC2)N2CCSCC2)CC1. The number of piperidine rings is 1. The lowest BCUT2D eigenvalue weighted by Gasteiger charge is -2.61. The van der Waals surface area contributed by atoms with Gasteiger partial charge in [0, 0.05) is 70.4 Å². The van der Waals surface area contributed by atoms with Gasteiger partial charge in [-0.2, -0.15) is 11.8 Å². The van der Waals surface area contributed by atoms with Gasteiger partial charge in [-0.05, 0) is 32.4 Å². The fourth-order valence-corrected chi connectivity index (χ4v) is 7.31. The second-order valence-electron chi connectivity index (χ2n) is 9.11. The molecule has 5 saturated heterocycles. The third-order valence-electron chi connectivity index (χ3n) is 7.66. The zero-order valence-corrected chi connectivity index (χ0v) is 18.9. The maximum Gasteiger partial charge on any atom is 0.160 e. The second kappa shape index (κ2) is 9.69. The summed E-state index contributed by atoms with van der Waals surface area (Å²) in [6.07, 6.45) is 5.46. The number of nitrogens with zero attached hydrogens (tertiary/aromatic N) is 5. The Kier molecular flexibility index (Phi) is 7.00. The second-order valence-corrected chi connectivity index (χ2v) is 10.3. The minimum absolute atomic E-state index is 0.0133. The number of hydrazine groups is 1. The molecule has 7 nitrogen and oxygen atoms in total. The van der Waals surface area contributed by atoms with E-state index >= 15 is 0 Å². The van der Waals surface area contributed by atoms with Gasteiger partial charge in [-0.25, -0.2) is 10.0 Å². The highest BCUT2D eigenvalue weighted by Gasteiger charge is 2.60. The van der Waals surface area contributed by atoms with Crippen molar-refractivity contribution in [1.82, 2.24) is 30.0 Å². The predicted molar refractivity (Wildman–Crippen MR) is 119 cm³/mol. The minimum Gasteiger partial charge on any atom is -0.379 e. The van der Waals surface area contributed by atoms with Crippen molar-refractivity contribution >= 4 is 11.8 Å². The molecule has 8 heteroatoms. The number of morpholine rings is 1. The Balaban J connectivity index is 1.53. The van der Waals surface area contributed by atoms with Gasteiger partial charge in [0.2, 0.25) is 0 Å². The molecule has 0 amide bonds. The zero-order valence-electron chi connectivity index (χ0n) is 18.1. The molecule has 1 N–H and O–H groups in total. The van der Waals surface area contributed by atoms with E-state index in [1.54, 1.807) is 0 Å². The minimum atomic E-state index is 0.0133. The zero-order chi connectivity index (χ0) is 19.5. The summed E-state index contributed by atoms with van der Waals surface area (Å²) in [4.78, 5) is 8.60. The predicted octanol–water partition coefficient (Wildman–Crippen LogP) is 0.402. The molecule has 2 unspecified atom stereocenters. The van der Waals surface area contributed by atoms with Gasteiger partial charge in [-0.15, -0.1) is 0 Å². The molecule has 0 spiro atoms. The fraction of sp³-hybridized carbons (Fsp3) is 1.00. The Bertz CT molecular complexity index is 469. The molecular weight excluding hydrogens is 384 g/mol. The molecular formula is C21H40N6OS. The van der Waals surface area contributed by atoms with Gasteiger partial charge in [-0.1, -0.05) is 6.42 Å². The smallest absolute Gasteiger partial charge is 0.160 e. The first-order chi connectivity index (χ1) is 14.4. The lowest BCUT2D eigenvalue weighted by molar-refractivity contribution is -0.259.